The second-order valence-electron chi connectivity index (χ2n) is 7.10. The number of ether oxygens (including phenoxy) is 2. The van der Waals surface area contributed by atoms with Crippen molar-refractivity contribution < 1.29 is 13.9 Å². The average Bonchev–Trinajstić information content (AvgIpc) is 3.36. The normalized spacial score (nSPS) is 12.5. The van der Waals surface area contributed by atoms with E-state index >= 15 is 0 Å². The molecule has 158 valence electrons. The molecule has 9 heteroatoms. The smallest absolute Gasteiger partial charge is 0.231 e. The van der Waals surface area contributed by atoms with E-state index in [0.29, 0.717) is 30.5 Å². The van der Waals surface area contributed by atoms with Crippen molar-refractivity contribution in [2.45, 2.75) is 19.9 Å². The third kappa shape index (κ3) is 3.94. The van der Waals surface area contributed by atoms with Gasteiger partial charge in [-0.05, 0) is 32.0 Å². The maximum absolute atomic E-state index is 6.14. The summed E-state index contributed by atoms with van der Waals surface area (Å²) in [5, 5.41) is 5.48. The summed E-state index contributed by atoms with van der Waals surface area (Å²) in [5.41, 5.74) is 7.96. The third-order valence-electron chi connectivity index (χ3n) is 4.76. The van der Waals surface area contributed by atoms with Gasteiger partial charge in [-0.2, -0.15) is 0 Å². The van der Waals surface area contributed by atoms with Gasteiger partial charge < -0.3 is 24.5 Å². The van der Waals surface area contributed by atoms with E-state index < -0.39 is 0 Å². The van der Waals surface area contributed by atoms with Crippen LogP contribution in [-0.4, -0.2) is 59.0 Å². The number of furan rings is 1. The van der Waals surface area contributed by atoms with Gasteiger partial charge in [-0.25, -0.2) is 14.5 Å². The Hall–Kier alpha value is -3.17. The molecular formula is C21H26N6O3. The molecule has 2 N–H and O–H groups in total. The van der Waals surface area contributed by atoms with Crippen LogP contribution in [0.2, 0.25) is 0 Å². The molecule has 0 radical (unpaired) electrons. The standard InChI is InChI=1S/C21H26N6O3/c1-4-26(9-10-28-3)21-15-11-18(30-17(15)7-8-23-21)16-12-24-19-5-6-20(25-27(16)19)29-13-14(2)22/h5-8,11-12,14H,4,9-10,13,22H2,1-3H3/t14-/m0/s1. The first-order chi connectivity index (χ1) is 14.6. The molecule has 0 fully saturated rings. The minimum absolute atomic E-state index is 0.0781. The lowest BCUT2D eigenvalue weighted by atomic mass is 10.2. The number of imidazole rings is 1. The van der Waals surface area contributed by atoms with E-state index in [-0.39, 0.29) is 6.04 Å². The Morgan fingerprint density at radius 2 is 2.13 bits per heavy atom. The summed E-state index contributed by atoms with van der Waals surface area (Å²) in [6.07, 6.45) is 3.50. The molecule has 4 aromatic rings. The van der Waals surface area contributed by atoms with Crippen molar-refractivity contribution in [1.82, 2.24) is 19.6 Å². The van der Waals surface area contributed by atoms with Gasteiger partial charge in [0.2, 0.25) is 5.88 Å². The Labute approximate surface area is 174 Å². The highest BCUT2D eigenvalue weighted by Gasteiger charge is 2.18. The summed E-state index contributed by atoms with van der Waals surface area (Å²) in [4.78, 5) is 11.2. The molecule has 9 nitrogen and oxygen atoms in total. The maximum Gasteiger partial charge on any atom is 0.231 e. The fourth-order valence-corrected chi connectivity index (χ4v) is 3.26. The van der Waals surface area contributed by atoms with Crippen molar-refractivity contribution >= 4 is 22.4 Å². The molecule has 0 aliphatic carbocycles. The summed E-state index contributed by atoms with van der Waals surface area (Å²) in [6, 6.07) is 7.40. The molecule has 30 heavy (non-hydrogen) atoms. The van der Waals surface area contributed by atoms with E-state index in [1.807, 2.05) is 25.1 Å². The SMILES string of the molecule is CCN(CCOC)c1nccc2oc(-c3cnc4ccc(OC[C@H](C)N)nn34)cc12. The summed E-state index contributed by atoms with van der Waals surface area (Å²) < 4.78 is 18.7. The number of pyridine rings is 1. The Morgan fingerprint density at radius 1 is 1.27 bits per heavy atom. The van der Waals surface area contributed by atoms with Crippen LogP contribution in [0, 0.1) is 0 Å². The molecule has 4 aromatic heterocycles. The second-order valence-corrected chi connectivity index (χ2v) is 7.10. The third-order valence-corrected chi connectivity index (χ3v) is 4.76. The maximum atomic E-state index is 6.14. The van der Waals surface area contributed by atoms with Crippen LogP contribution in [0.3, 0.4) is 0 Å². The number of methoxy groups -OCH3 is 1. The zero-order valence-electron chi connectivity index (χ0n) is 17.4. The predicted molar refractivity (Wildman–Crippen MR) is 115 cm³/mol. The lowest BCUT2D eigenvalue weighted by Gasteiger charge is -2.21. The van der Waals surface area contributed by atoms with Crippen LogP contribution in [-0.2, 0) is 4.74 Å². The number of anilines is 1. The average molecular weight is 410 g/mol. The van der Waals surface area contributed by atoms with Gasteiger partial charge in [0.25, 0.3) is 0 Å². The highest BCUT2D eigenvalue weighted by molar-refractivity contribution is 5.91. The molecule has 0 aromatic carbocycles. The van der Waals surface area contributed by atoms with E-state index in [1.54, 1.807) is 30.1 Å². The minimum Gasteiger partial charge on any atom is -0.475 e. The first-order valence-corrected chi connectivity index (χ1v) is 9.96. The van der Waals surface area contributed by atoms with Gasteiger partial charge in [0.15, 0.2) is 11.4 Å². The van der Waals surface area contributed by atoms with E-state index in [4.69, 9.17) is 19.6 Å². The number of aromatic nitrogens is 4. The van der Waals surface area contributed by atoms with Crippen LogP contribution in [0.5, 0.6) is 5.88 Å². The van der Waals surface area contributed by atoms with Gasteiger partial charge in [0.05, 0.1) is 18.2 Å². The van der Waals surface area contributed by atoms with Crippen LogP contribution >= 0.6 is 0 Å². The van der Waals surface area contributed by atoms with Crippen molar-refractivity contribution in [2.75, 3.05) is 38.3 Å². The predicted octanol–water partition coefficient (Wildman–Crippen LogP) is 2.74. The fourth-order valence-electron chi connectivity index (χ4n) is 3.26. The molecule has 4 heterocycles. The Bertz CT molecular complexity index is 1140. The zero-order chi connectivity index (χ0) is 21.1. The van der Waals surface area contributed by atoms with E-state index in [1.165, 1.54) is 0 Å². The van der Waals surface area contributed by atoms with Crippen LogP contribution in [0.1, 0.15) is 13.8 Å². The molecule has 0 saturated carbocycles. The zero-order valence-corrected chi connectivity index (χ0v) is 17.4. The summed E-state index contributed by atoms with van der Waals surface area (Å²) >= 11 is 0. The van der Waals surface area contributed by atoms with Crippen molar-refractivity contribution in [2.24, 2.45) is 5.73 Å². The first-order valence-electron chi connectivity index (χ1n) is 9.96. The Morgan fingerprint density at radius 3 is 2.90 bits per heavy atom. The van der Waals surface area contributed by atoms with Crippen LogP contribution in [0.25, 0.3) is 28.1 Å². The van der Waals surface area contributed by atoms with Gasteiger partial charge >= 0.3 is 0 Å². The second kappa shape index (κ2) is 8.68. The van der Waals surface area contributed by atoms with Crippen molar-refractivity contribution in [1.29, 1.82) is 0 Å². The molecule has 0 saturated heterocycles. The van der Waals surface area contributed by atoms with Crippen molar-refractivity contribution in [3.05, 3.63) is 36.7 Å². The van der Waals surface area contributed by atoms with E-state index in [2.05, 4.69) is 26.9 Å². The van der Waals surface area contributed by atoms with Gasteiger partial charge in [-0.15, -0.1) is 5.10 Å². The van der Waals surface area contributed by atoms with Gasteiger partial charge in [0, 0.05) is 38.5 Å². The lowest BCUT2D eigenvalue weighted by molar-refractivity contribution is 0.205. The number of nitrogens with zero attached hydrogens (tertiary/aromatic N) is 5. The number of hydrogen-bond acceptors (Lipinski definition) is 8. The van der Waals surface area contributed by atoms with Gasteiger partial charge in [-0.3, -0.25) is 0 Å². The quantitative estimate of drug-likeness (QED) is 0.449. The summed E-state index contributed by atoms with van der Waals surface area (Å²) in [5.74, 6) is 2.01. The molecule has 0 unspecified atom stereocenters. The number of likely N-dealkylation sites (N-methyl/N-ethyl adjacent to an activating group) is 1. The first kappa shape index (κ1) is 20.1. The van der Waals surface area contributed by atoms with Crippen LogP contribution < -0.4 is 15.4 Å². The van der Waals surface area contributed by atoms with E-state index in [0.717, 1.165) is 35.6 Å². The lowest BCUT2D eigenvalue weighted by Crippen LogP contribution is -2.27. The molecule has 0 bridgehead atoms. The molecule has 0 aliphatic heterocycles. The van der Waals surface area contributed by atoms with Gasteiger partial charge in [0.1, 0.15) is 23.7 Å². The monoisotopic (exact) mass is 410 g/mol. The Kier molecular flexibility index (Phi) is 5.82. The molecule has 4 rings (SSSR count). The van der Waals surface area contributed by atoms with Crippen LogP contribution in [0.4, 0.5) is 5.82 Å². The minimum atomic E-state index is -0.0781. The Balaban J connectivity index is 1.73. The summed E-state index contributed by atoms with van der Waals surface area (Å²) in [6.45, 7) is 6.54. The molecule has 0 aliphatic rings. The number of nitrogens with two attached hydrogens (primary N) is 1. The number of hydrogen-bond donors (Lipinski definition) is 1. The number of rotatable bonds is 9. The largest absolute Gasteiger partial charge is 0.475 e. The highest BCUT2D eigenvalue weighted by atomic mass is 16.5. The molecular weight excluding hydrogens is 384 g/mol. The van der Waals surface area contributed by atoms with Crippen molar-refractivity contribution in [3.63, 3.8) is 0 Å². The topological polar surface area (TPSA) is 104 Å². The molecule has 1 atom stereocenters. The van der Waals surface area contributed by atoms with Crippen molar-refractivity contribution in [3.8, 4) is 17.3 Å². The molecule has 0 spiro atoms. The van der Waals surface area contributed by atoms with Gasteiger partial charge in [-0.1, -0.05) is 0 Å². The van der Waals surface area contributed by atoms with Crippen LogP contribution in [0.15, 0.2) is 41.1 Å². The fraction of sp³-hybridized carbons (Fsp3) is 0.381. The summed E-state index contributed by atoms with van der Waals surface area (Å²) in [7, 11) is 1.70. The molecule has 0 amide bonds. The van der Waals surface area contributed by atoms with E-state index in [9.17, 15) is 0 Å². The highest BCUT2D eigenvalue weighted by Crippen LogP contribution is 2.33. The number of fused-ring (bicyclic) bond motifs is 2.